The van der Waals surface area contributed by atoms with E-state index in [1.54, 1.807) is 0 Å². The van der Waals surface area contributed by atoms with Crippen LogP contribution in [0.3, 0.4) is 0 Å². The van der Waals surface area contributed by atoms with Crippen molar-refractivity contribution in [3.63, 3.8) is 0 Å². The molecule has 38 heavy (non-hydrogen) atoms. The smallest absolute Gasteiger partial charge is 0.306 e. The average Bonchev–Trinajstić information content (AvgIpc) is 2.89. The Labute approximate surface area is 234 Å². The van der Waals surface area contributed by atoms with Gasteiger partial charge in [0.2, 0.25) is 0 Å². The lowest BCUT2D eigenvalue weighted by Crippen LogP contribution is -2.18. The van der Waals surface area contributed by atoms with Gasteiger partial charge < -0.3 is 9.84 Å². The number of rotatable bonds is 27. The van der Waals surface area contributed by atoms with E-state index in [1.165, 1.54) is 57.8 Å². The molecule has 0 aliphatic heterocycles. The van der Waals surface area contributed by atoms with E-state index in [4.69, 9.17) is 9.84 Å². The third-order valence-electron chi connectivity index (χ3n) is 6.55. The van der Waals surface area contributed by atoms with Crippen molar-refractivity contribution in [2.24, 2.45) is 0 Å². The maximum Gasteiger partial charge on any atom is 0.306 e. The van der Waals surface area contributed by atoms with Crippen molar-refractivity contribution in [3.05, 3.63) is 48.6 Å². The van der Waals surface area contributed by atoms with Crippen LogP contribution in [0.15, 0.2) is 48.6 Å². The first-order valence-electron chi connectivity index (χ1n) is 15.6. The van der Waals surface area contributed by atoms with Gasteiger partial charge in [-0.1, -0.05) is 120 Å². The van der Waals surface area contributed by atoms with Gasteiger partial charge in [0, 0.05) is 12.8 Å². The van der Waals surface area contributed by atoms with Crippen LogP contribution >= 0.6 is 0 Å². The van der Waals surface area contributed by atoms with Crippen LogP contribution in [0.2, 0.25) is 0 Å². The molecular formula is C34H58O4. The fourth-order valence-electron chi connectivity index (χ4n) is 4.35. The first kappa shape index (κ1) is 35.9. The van der Waals surface area contributed by atoms with Gasteiger partial charge in [-0.05, 0) is 64.2 Å². The highest BCUT2D eigenvalue weighted by atomic mass is 16.5. The molecule has 4 nitrogen and oxygen atoms in total. The minimum Gasteiger partial charge on any atom is -0.481 e. The normalized spacial score (nSPS) is 12.9. The van der Waals surface area contributed by atoms with Crippen molar-refractivity contribution >= 4 is 11.9 Å². The predicted octanol–water partition coefficient (Wildman–Crippen LogP) is 10.4. The van der Waals surface area contributed by atoms with Crippen molar-refractivity contribution in [2.75, 3.05) is 0 Å². The molecular weight excluding hydrogens is 472 g/mol. The van der Waals surface area contributed by atoms with Gasteiger partial charge in [-0.3, -0.25) is 9.59 Å². The van der Waals surface area contributed by atoms with Gasteiger partial charge in [0.15, 0.2) is 0 Å². The maximum absolute atomic E-state index is 12.1. The molecule has 0 aliphatic carbocycles. The second-order valence-corrected chi connectivity index (χ2v) is 10.3. The molecule has 0 saturated carbocycles. The zero-order valence-corrected chi connectivity index (χ0v) is 24.7. The summed E-state index contributed by atoms with van der Waals surface area (Å²) in [6, 6.07) is 0. The van der Waals surface area contributed by atoms with Crippen LogP contribution in [-0.4, -0.2) is 23.1 Å². The summed E-state index contributed by atoms with van der Waals surface area (Å²) in [4.78, 5) is 22.8. The van der Waals surface area contributed by atoms with E-state index >= 15 is 0 Å². The van der Waals surface area contributed by atoms with Crippen LogP contribution < -0.4 is 0 Å². The molecule has 0 radical (unpaired) electrons. The van der Waals surface area contributed by atoms with E-state index in [0.29, 0.717) is 19.3 Å². The summed E-state index contributed by atoms with van der Waals surface area (Å²) in [6.07, 6.45) is 39.2. The van der Waals surface area contributed by atoms with Crippen molar-refractivity contribution in [2.45, 2.75) is 155 Å². The van der Waals surface area contributed by atoms with E-state index in [9.17, 15) is 9.59 Å². The molecule has 1 unspecified atom stereocenters. The second kappa shape index (κ2) is 29.5. The average molecular weight is 531 g/mol. The Morgan fingerprint density at radius 1 is 0.605 bits per heavy atom. The van der Waals surface area contributed by atoms with Crippen LogP contribution in [0.5, 0.6) is 0 Å². The summed E-state index contributed by atoms with van der Waals surface area (Å²) in [6.45, 7) is 4.22. The standard InChI is InChI=1S/C34H58O4/c1-3-5-6-7-8-9-10-11-12-13-14-15-16-17-18-19-20-21-22-23-24-25-26-31-34(37)38-32(28-4-2)29-27-30-33(35)36/h5-6,8-9,11-12,14-15,32H,3-4,7,10,13,16-31H2,1-2H3,(H,35,36)/b6-5-,9-8-,12-11-,15-14-. The molecule has 0 aliphatic rings. The van der Waals surface area contributed by atoms with E-state index in [1.807, 2.05) is 0 Å². The van der Waals surface area contributed by atoms with Crippen molar-refractivity contribution < 1.29 is 19.4 Å². The number of carboxylic acids is 1. The number of unbranched alkanes of at least 4 members (excludes halogenated alkanes) is 10. The molecule has 0 fully saturated rings. The minimum atomic E-state index is -0.788. The van der Waals surface area contributed by atoms with Gasteiger partial charge in [-0.2, -0.15) is 0 Å². The summed E-state index contributed by atoms with van der Waals surface area (Å²) in [5, 5.41) is 8.77. The van der Waals surface area contributed by atoms with Crippen molar-refractivity contribution in [1.82, 2.24) is 0 Å². The topological polar surface area (TPSA) is 63.6 Å². The Balaban J connectivity index is 3.48. The minimum absolute atomic E-state index is 0.121. The zero-order chi connectivity index (χ0) is 27.9. The van der Waals surface area contributed by atoms with Gasteiger partial charge in [0.25, 0.3) is 0 Å². The fourth-order valence-corrected chi connectivity index (χ4v) is 4.35. The van der Waals surface area contributed by atoms with E-state index in [2.05, 4.69) is 62.5 Å². The number of hydrogen-bond donors (Lipinski definition) is 1. The summed E-state index contributed by atoms with van der Waals surface area (Å²) in [5.41, 5.74) is 0. The van der Waals surface area contributed by atoms with Crippen molar-refractivity contribution in [1.29, 1.82) is 0 Å². The van der Waals surface area contributed by atoms with Crippen LogP contribution in [0.25, 0.3) is 0 Å². The van der Waals surface area contributed by atoms with Gasteiger partial charge >= 0.3 is 11.9 Å². The Kier molecular flexibility index (Phi) is 27.8. The SMILES string of the molecule is CC/C=C\C/C=C\C/C=C\C/C=C\CCCCCCCCCCCCC(=O)OC(CCC)CCCC(=O)O. The lowest BCUT2D eigenvalue weighted by molar-refractivity contribution is -0.150. The molecule has 0 aromatic heterocycles. The highest BCUT2D eigenvalue weighted by Gasteiger charge is 2.14. The number of allylic oxidation sites excluding steroid dienone is 8. The fraction of sp³-hybridized carbons (Fsp3) is 0.706. The predicted molar refractivity (Wildman–Crippen MR) is 162 cm³/mol. The van der Waals surface area contributed by atoms with Crippen LogP contribution in [-0.2, 0) is 14.3 Å². The third-order valence-corrected chi connectivity index (χ3v) is 6.55. The Bertz CT molecular complexity index is 659. The molecule has 0 aromatic rings. The lowest BCUT2D eigenvalue weighted by atomic mass is 10.0. The molecule has 0 amide bonds. The molecule has 1 N–H and O–H groups in total. The molecule has 0 aromatic carbocycles. The maximum atomic E-state index is 12.1. The number of hydrogen-bond acceptors (Lipinski definition) is 3. The van der Waals surface area contributed by atoms with Crippen LogP contribution in [0.4, 0.5) is 0 Å². The number of carbonyl (C=O) groups is 2. The number of carbonyl (C=O) groups excluding carboxylic acids is 1. The molecule has 0 bridgehead atoms. The number of esters is 1. The number of carboxylic acid groups (broad SMARTS) is 1. The van der Waals surface area contributed by atoms with Crippen LogP contribution in [0, 0.1) is 0 Å². The first-order valence-corrected chi connectivity index (χ1v) is 15.6. The molecule has 1 atom stereocenters. The second-order valence-electron chi connectivity index (χ2n) is 10.3. The number of ether oxygens (including phenoxy) is 1. The zero-order valence-electron chi connectivity index (χ0n) is 24.7. The van der Waals surface area contributed by atoms with E-state index in [-0.39, 0.29) is 18.5 Å². The lowest BCUT2D eigenvalue weighted by Gasteiger charge is -2.17. The van der Waals surface area contributed by atoms with Crippen LogP contribution in [0.1, 0.15) is 149 Å². The van der Waals surface area contributed by atoms with E-state index in [0.717, 1.165) is 51.4 Å². The van der Waals surface area contributed by atoms with E-state index < -0.39 is 5.97 Å². The third kappa shape index (κ3) is 28.5. The first-order chi connectivity index (χ1) is 18.6. The highest BCUT2D eigenvalue weighted by molar-refractivity contribution is 5.69. The number of aliphatic carboxylic acids is 1. The summed E-state index contributed by atoms with van der Waals surface area (Å²) < 4.78 is 5.58. The molecule has 0 rings (SSSR count). The summed E-state index contributed by atoms with van der Waals surface area (Å²) >= 11 is 0. The molecule has 4 heteroatoms. The van der Waals surface area contributed by atoms with Gasteiger partial charge in [0.1, 0.15) is 6.10 Å². The summed E-state index contributed by atoms with van der Waals surface area (Å²) in [7, 11) is 0. The Morgan fingerprint density at radius 2 is 1.11 bits per heavy atom. The molecule has 0 heterocycles. The largest absolute Gasteiger partial charge is 0.481 e. The molecule has 0 saturated heterocycles. The Hall–Kier alpha value is -2.10. The quantitative estimate of drug-likeness (QED) is 0.0651. The Morgan fingerprint density at radius 3 is 1.63 bits per heavy atom. The summed E-state index contributed by atoms with van der Waals surface area (Å²) in [5.74, 6) is -0.909. The van der Waals surface area contributed by atoms with Gasteiger partial charge in [0.05, 0.1) is 0 Å². The molecule has 218 valence electrons. The van der Waals surface area contributed by atoms with Gasteiger partial charge in [-0.25, -0.2) is 0 Å². The monoisotopic (exact) mass is 530 g/mol. The molecule has 0 spiro atoms. The highest BCUT2D eigenvalue weighted by Crippen LogP contribution is 2.15. The van der Waals surface area contributed by atoms with Gasteiger partial charge in [-0.15, -0.1) is 0 Å². The van der Waals surface area contributed by atoms with Crippen molar-refractivity contribution in [3.8, 4) is 0 Å².